The second-order valence-corrected chi connectivity index (χ2v) is 16.1. The standard InChI is InChI=1S/C55H33N3OS/c1-3-13-36(14-4-1)45-33-46(37-15-5-2-6-16-37)58-55(57-45)39-31-29-38(30-32-39)53-54-52(43-18-8-10-24-49(43)60-54)51-41(19-11-21-44(51)56-53)35-27-25-34(26-28-35)40-20-12-23-48-50(40)42-17-7-9-22-47(42)59-48/h1-33H. The Morgan fingerprint density at radius 3 is 1.62 bits per heavy atom. The number of fused-ring (bicyclic) bond motifs is 8. The molecule has 0 saturated heterocycles. The highest BCUT2D eigenvalue weighted by atomic mass is 32.1. The van der Waals surface area contributed by atoms with Crippen LogP contribution in [-0.2, 0) is 0 Å². The van der Waals surface area contributed by atoms with E-state index in [-0.39, 0.29) is 0 Å². The Hall–Kier alpha value is -7.73. The molecular weight excluding hydrogens is 751 g/mol. The monoisotopic (exact) mass is 783 g/mol. The van der Waals surface area contributed by atoms with Gasteiger partial charge in [-0.25, -0.2) is 15.0 Å². The lowest BCUT2D eigenvalue weighted by Gasteiger charge is -2.13. The molecule has 12 aromatic rings. The average Bonchev–Trinajstić information content (AvgIpc) is 3.91. The van der Waals surface area contributed by atoms with Crippen LogP contribution < -0.4 is 0 Å². The highest BCUT2D eigenvalue weighted by molar-refractivity contribution is 7.26. The third kappa shape index (κ3) is 5.70. The average molecular weight is 784 g/mol. The Labute approximate surface area is 349 Å². The Kier molecular flexibility index (Phi) is 8.00. The van der Waals surface area contributed by atoms with Crippen LogP contribution in [0.3, 0.4) is 0 Å². The van der Waals surface area contributed by atoms with Crippen molar-refractivity contribution in [1.29, 1.82) is 0 Å². The molecule has 4 aromatic heterocycles. The summed E-state index contributed by atoms with van der Waals surface area (Å²) < 4.78 is 8.63. The zero-order chi connectivity index (χ0) is 39.6. The molecule has 0 atom stereocenters. The summed E-state index contributed by atoms with van der Waals surface area (Å²) in [5.41, 5.74) is 14.3. The number of hydrogen-bond acceptors (Lipinski definition) is 5. The molecule has 0 aliphatic carbocycles. The summed E-state index contributed by atoms with van der Waals surface area (Å²) >= 11 is 1.81. The molecule has 0 aliphatic rings. The predicted molar refractivity (Wildman–Crippen MR) is 250 cm³/mol. The third-order valence-corrected chi connectivity index (χ3v) is 12.7. The fourth-order valence-corrected chi connectivity index (χ4v) is 9.90. The van der Waals surface area contributed by atoms with Crippen LogP contribution in [0.4, 0.5) is 0 Å². The van der Waals surface area contributed by atoms with E-state index in [4.69, 9.17) is 19.4 Å². The van der Waals surface area contributed by atoms with Crippen molar-refractivity contribution < 1.29 is 4.42 Å². The highest BCUT2D eigenvalue weighted by Gasteiger charge is 2.20. The Morgan fingerprint density at radius 1 is 0.367 bits per heavy atom. The summed E-state index contributed by atoms with van der Waals surface area (Å²) in [5.74, 6) is 0.686. The van der Waals surface area contributed by atoms with E-state index in [0.717, 1.165) is 83.5 Å². The van der Waals surface area contributed by atoms with Gasteiger partial charge in [-0.05, 0) is 52.6 Å². The fourth-order valence-electron chi connectivity index (χ4n) is 8.68. The van der Waals surface area contributed by atoms with Gasteiger partial charge in [-0.1, -0.05) is 170 Å². The van der Waals surface area contributed by atoms with E-state index < -0.39 is 0 Å². The molecule has 8 aromatic carbocycles. The van der Waals surface area contributed by atoms with Crippen molar-refractivity contribution in [2.45, 2.75) is 0 Å². The first-order valence-electron chi connectivity index (χ1n) is 20.1. The van der Waals surface area contributed by atoms with Gasteiger partial charge in [-0.15, -0.1) is 11.3 Å². The van der Waals surface area contributed by atoms with E-state index in [2.05, 4.69) is 152 Å². The van der Waals surface area contributed by atoms with Crippen LogP contribution in [0.1, 0.15) is 0 Å². The highest BCUT2D eigenvalue weighted by Crippen LogP contribution is 2.46. The number of furan rings is 1. The first-order valence-corrected chi connectivity index (χ1v) is 20.9. The summed E-state index contributed by atoms with van der Waals surface area (Å²) in [4.78, 5) is 15.6. The normalized spacial score (nSPS) is 11.7. The lowest BCUT2D eigenvalue weighted by molar-refractivity contribution is 0.669. The molecule has 0 N–H and O–H groups in total. The first kappa shape index (κ1) is 34.3. The number of rotatable bonds is 6. The SMILES string of the molecule is c1ccc(-c2cc(-c3ccccc3)nc(-c3ccc(-c4nc5cccc(-c6ccc(-c7cccc8oc9ccccc9c78)cc6)c5c5c4sc4ccccc45)cc3)n2)cc1. The molecule has 4 heterocycles. The number of nitrogens with zero attached hydrogens (tertiary/aromatic N) is 3. The molecule has 0 aliphatic heterocycles. The summed E-state index contributed by atoms with van der Waals surface area (Å²) in [6.07, 6.45) is 0. The van der Waals surface area contributed by atoms with E-state index in [1.165, 1.54) is 31.1 Å². The topological polar surface area (TPSA) is 51.8 Å². The number of pyridine rings is 1. The van der Waals surface area contributed by atoms with Gasteiger partial charge < -0.3 is 4.42 Å². The minimum absolute atomic E-state index is 0.686. The predicted octanol–water partition coefficient (Wildman–Crippen LogP) is 15.3. The zero-order valence-electron chi connectivity index (χ0n) is 32.2. The van der Waals surface area contributed by atoms with Gasteiger partial charge in [-0.3, -0.25) is 0 Å². The molecular formula is C55H33N3OS. The number of thiophene rings is 1. The van der Waals surface area contributed by atoms with Crippen LogP contribution in [0, 0.1) is 0 Å². The lowest BCUT2D eigenvalue weighted by Crippen LogP contribution is -1.96. The Bertz CT molecular complexity index is 3520. The van der Waals surface area contributed by atoms with Crippen LogP contribution in [-0.4, -0.2) is 15.0 Å². The molecule has 0 bridgehead atoms. The van der Waals surface area contributed by atoms with Crippen molar-refractivity contribution in [1.82, 2.24) is 15.0 Å². The van der Waals surface area contributed by atoms with Crippen LogP contribution >= 0.6 is 11.3 Å². The fraction of sp³-hybridized carbons (Fsp3) is 0. The quantitative estimate of drug-likeness (QED) is 0.169. The van der Waals surface area contributed by atoms with E-state index in [1.807, 2.05) is 59.9 Å². The molecule has 4 nitrogen and oxygen atoms in total. The van der Waals surface area contributed by atoms with Gasteiger partial charge in [0.15, 0.2) is 5.82 Å². The van der Waals surface area contributed by atoms with Crippen molar-refractivity contribution in [3.63, 3.8) is 0 Å². The van der Waals surface area contributed by atoms with Gasteiger partial charge in [0, 0.05) is 53.9 Å². The lowest BCUT2D eigenvalue weighted by atomic mass is 9.93. The Balaban J connectivity index is 0.976. The number of benzene rings is 8. The maximum absolute atomic E-state index is 6.22. The summed E-state index contributed by atoms with van der Waals surface area (Å²) in [7, 11) is 0. The van der Waals surface area contributed by atoms with Crippen LogP contribution in [0.5, 0.6) is 0 Å². The van der Waals surface area contributed by atoms with Crippen molar-refractivity contribution in [3.8, 4) is 67.4 Å². The minimum atomic E-state index is 0.686. The number of para-hydroxylation sites is 1. The van der Waals surface area contributed by atoms with Crippen LogP contribution in [0.2, 0.25) is 0 Å². The molecule has 0 spiro atoms. The number of aromatic nitrogens is 3. The van der Waals surface area contributed by atoms with Crippen LogP contribution in [0.15, 0.2) is 205 Å². The molecule has 0 saturated carbocycles. The second kappa shape index (κ2) is 14.0. The van der Waals surface area contributed by atoms with Gasteiger partial charge in [0.1, 0.15) is 11.2 Å². The van der Waals surface area contributed by atoms with Gasteiger partial charge in [0.05, 0.1) is 27.3 Å². The van der Waals surface area contributed by atoms with Crippen molar-refractivity contribution >= 4 is 64.4 Å². The van der Waals surface area contributed by atoms with Crippen molar-refractivity contribution in [2.75, 3.05) is 0 Å². The minimum Gasteiger partial charge on any atom is -0.456 e. The molecule has 0 amide bonds. The summed E-state index contributed by atoms with van der Waals surface area (Å²) in [6.45, 7) is 0. The smallest absolute Gasteiger partial charge is 0.160 e. The van der Waals surface area contributed by atoms with E-state index in [0.29, 0.717) is 5.82 Å². The molecule has 12 rings (SSSR count). The maximum Gasteiger partial charge on any atom is 0.160 e. The van der Waals surface area contributed by atoms with Crippen LogP contribution in [0.25, 0.3) is 120 Å². The van der Waals surface area contributed by atoms with Gasteiger partial charge in [-0.2, -0.15) is 0 Å². The van der Waals surface area contributed by atoms with Gasteiger partial charge in [0.25, 0.3) is 0 Å². The molecule has 0 unspecified atom stereocenters. The Morgan fingerprint density at radius 2 is 0.917 bits per heavy atom. The van der Waals surface area contributed by atoms with E-state index in [1.54, 1.807) is 0 Å². The van der Waals surface area contributed by atoms with E-state index >= 15 is 0 Å². The molecule has 280 valence electrons. The van der Waals surface area contributed by atoms with Crippen molar-refractivity contribution in [2.24, 2.45) is 0 Å². The number of hydrogen-bond donors (Lipinski definition) is 0. The molecule has 60 heavy (non-hydrogen) atoms. The third-order valence-electron chi connectivity index (χ3n) is 11.5. The second-order valence-electron chi connectivity index (χ2n) is 15.1. The molecule has 0 fully saturated rings. The largest absolute Gasteiger partial charge is 0.456 e. The molecule has 0 radical (unpaired) electrons. The maximum atomic E-state index is 6.22. The van der Waals surface area contributed by atoms with E-state index in [9.17, 15) is 0 Å². The van der Waals surface area contributed by atoms with Gasteiger partial charge in [0.2, 0.25) is 0 Å². The summed E-state index contributed by atoms with van der Waals surface area (Å²) in [6, 6.07) is 70.1. The molecule has 5 heteroatoms. The first-order chi connectivity index (χ1) is 29.7. The summed E-state index contributed by atoms with van der Waals surface area (Å²) in [5, 5.41) is 5.92. The zero-order valence-corrected chi connectivity index (χ0v) is 33.0. The van der Waals surface area contributed by atoms with Gasteiger partial charge >= 0.3 is 0 Å². The van der Waals surface area contributed by atoms with Crippen molar-refractivity contribution in [3.05, 3.63) is 200 Å².